The fraction of sp³-hybridized carbons (Fsp3) is 0.0769. The number of rotatable bonds is 4. The molecule has 0 aliphatic heterocycles. The summed E-state index contributed by atoms with van der Waals surface area (Å²) in [4.78, 5) is 23.2. The summed E-state index contributed by atoms with van der Waals surface area (Å²) in [5.41, 5.74) is 4.15. The topological polar surface area (TPSA) is 72.7 Å². The highest BCUT2D eigenvalue weighted by Gasteiger charge is 2.16. The fourth-order valence-corrected chi connectivity index (χ4v) is 4.16. The Balaban J connectivity index is 1.41. The van der Waals surface area contributed by atoms with Crippen LogP contribution in [0.1, 0.15) is 32.2 Å². The van der Waals surface area contributed by atoms with E-state index in [1.807, 2.05) is 65.5 Å². The van der Waals surface area contributed by atoms with Gasteiger partial charge < -0.3 is 5.32 Å². The standard InChI is InChI=1S/C26H19N5OS/c1-18-14-23(24-16-28-31(25(24)29-18)17-22-9-5-13-33-22)26(32)30-21-8-4-6-19(15-21)10-11-20-7-2-3-12-27-20/h2-9,12-16H,17H2,1H3,(H,30,32). The van der Waals surface area contributed by atoms with E-state index in [1.165, 1.54) is 4.88 Å². The van der Waals surface area contributed by atoms with E-state index in [4.69, 9.17) is 0 Å². The molecule has 0 aliphatic carbocycles. The molecule has 1 amide bonds. The van der Waals surface area contributed by atoms with E-state index >= 15 is 0 Å². The summed E-state index contributed by atoms with van der Waals surface area (Å²) in [6.45, 7) is 2.50. The number of fused-ring (bicyclic) bond motifs is 1. The van der Waals surface area contributed by atoms with Gasteiger partial charge in [-0.05, 0) is 60.7 Å². The lowest BCUT2D eigenvalue weighted by Crippen LogP contribution is -2.13. The minimum atomic E-state index is -0.212. The molecule has 0 spiro atoms. The van der Waals surface area contributed by atoms with Gasteiger partial charge in [-0.1, -0.05) is 24.1 Å². The summed E-state index contributed by atoms with van der Waals surface area (Å²) in [7, 11) is 0. The zero-order valence-corrected chi connectivity index (χ0v) is 18.6. The van der Waals surface area contributed by atoms with E-state index < -0.39 is 0 Å². The van der Waals surface area contributed by atoms with Gasteiger partial charge >= 0.3 is 0 Å². The molecule has 1 N–H and O–H groups in total. The van der Waals surface area contributed by atoms with Crippen molar-refractivity contribution >= 4 is 34.0 Å². The van der Waals surface area contributed by atoms with Crippen molar-refractivity contribution in [1.82, 2.24) is 19.7 Å². The van der Waals surface area contributed by atoms with Gasteiger partial charge in [-0.3, -0.25) is 4.79 Å². The van der Waals surface area contributed by atoms with Gasteiger partial charge in [-0.2, -0.15) is 5.10 Å². The van der Waals surface area contributed by atoms with Crippen LogP contribution < -0.4 is 5.32 Å². The fourth-order valence-electron chi connectivity index (χ4n) is 3.47. The maximum absolute atomic E-state index is 13.2. The number of hydrogen-bond donors (Lipinski definition) is 1. The van der Waals surface area contributed by atoms with Crippen molar-refractivity contribution in [2.24, 2.45) is 0 Å². The molecule has 0 aliphatic rings. The molecule has 0 bridgehead atoms. The molecule has 0 atom stereocenters. The Morgan fingerprint density at radius 3 is 2.85 bits per heavy atom. The number of carbonyl (C=O) groups is 1. The quantitative estimate of drug-likeness (QED) is 0.396. The first-order valence-electron chi connectivity index (χ1n) is 10.4. The Labute approximate surface area is 195 Å². The summed E-state index contributed by atoms with van der Waals surface area (Å²) in [5.74, 6) is 5.91. The van der Waals surface area contributed by atoms with Crippen molar-refractivity contribution in [3.8, 4) is 11.8 Å². The van der Waals surface area contributed by atoms with E-state index in [-0.39, 0.29) is 5.91 Å². The average molecular weight is 450 g/mol. The van der Waals surface area contributed by atoms with Gasteiger partial charge in [0, 0.05) is 28.0 Å². The molecule has 160 valence electrons. The number of aromatic nitrogens is 4. The third kappa shape index (κ3) is 4.66. The number of pyridine rings is 2. The van der Waals surface area contributed by atoms with Crippen molar-refractivity contribution in [3.63, 3.8) is 0 Å². The number of hydrogen-bond acceptors (Lipinski definition) is 5. The second kappa shape index (κ2) is 9.07. The van der Waals surface area contributed by atoms with Crippen molar-refractivity contribution in [2.75, 3.05) is 5.32 Å². The second-order valence-electron chi connectivity index (χ2n) is 7.43. The highest BCUT2D eigenvalue weighted by Crippen LogP contribution is 2.22. The third-order valence-electron chi connectivity index (χ3n) is 4.99. The van der Waals surface area contributed by atoms with Gasteiger partial charge in [0.25, 0.3) is 5.91 Å². The Hall–Kier alpha value is -4.28. The van der Waals surface area contributed by atoms with Crippen molar-refractivity contribution in [2.45, 2.75) is 13.5 Å². The predicted molar refractivity (Wildman–Crippen MR) is 130 cm³/mol. The third-order valence-corrected chi connectivity index (χ3v) is 5.85. The monoisotopic (exact) mass is 449 g/mol. The van der Waals surface area contributed by atoms with Gasteiger partial charge in [-0.15, -0.1) is 11.3 Å². The lowest BCUT2D eigenvalue weighted by atomic mass is 10.1. The maximum Gasteiger partial charge on any atom is 0.256 e. The summed E-state index contributed by atoms with van der Waals surface area (Å²) >= 11 is 1.67. The normalized spacial score (nSPS) is 10.6. The summed E-state index contributed by atoms with van der Waals surface area (Å²) < 4.78 is 1.83. The van der Waals surface area contributed by atoms with Gasteiger partial charge in [0.05, 0.1) is 23.7 Å². The molecule has 33 heavy (non-hydrogen) atoms. The largest absolute Gasteiger partial charge is 0.322 e. The number of nitrogens with one attached hydrogen (secondary N) is 1. The van der Waals surface area contributed by atoms with E-state index in [1.54, 1.807) is 29.8 Å². The van der Waals surface area contributed by atoms with Gasteiger partial charge in [-0.25, -0.2) is 14.6 Å². The van der Waals surface area contributed by atoms with Crippen molar-refractivity contribution in [3.05, 3.63) is 106 Å². The SMILES string of the molecule is Cc1cc(C(=O)Nc2cccc(C#Cc3ccccn3)c2)c2cnn(Cc3cccs3)c2n1. The van der Waals surface area contributed by atoms with Crippen molar-refractivity contribution < 1.29 is 4.79 Å². The smallest absolute Gasteiger partial charge is 0.256 e. The number of nitrogens with zero attached hydrogens (tertiary/aromatic N) is 4. The molecule has 5 aromatic rings. The first kappa shape index (κ1) is 20.6. The average Bonchev–Trinajstić information content (AvgIpc) is 3.49. The molecule has 0 fully saturated rings. The van der Waals surface area contributed by atoms with Gasteiger partial charge in [0.1, 0.15) is 5.69 Å². The van der Waals surface area contributed by atoms with E-state index in [2.05, 4.69) is 38.3 Å². The molecule has 7 heteroatoms. The number of amides is 1. The number of aryl methyl sites for hydroxylation is 1. The number of thiophene rings is 1. The lowest BCUT2D eigenvalue weighted by molar-refractivity contribution is 0.102. The van der Waals surface area contributed by atoms with Crippen LogP contribution in [0.15, 0.2) is 78.4 Å². The van der Waals surface area contributed by atoms with E-state index in [9.17, 15) is 4.79 Å². The van der Waals surface area contributed by atoms with Crippen LogP contribution in [-0.4, -0.2) is 25.7 Å². The van der Waals surface area contributed by atoms with Gasteiger partial charge in [0.2, 0.25) is 0 Å². The van der Waals surface area contributed by atoms with Crippen LogP contribution in [0.3, 0.4) is 0 Å². The Morgan fingerprint density at radius 2 is 2.03 bits per heavy atom. The molecule has 4 aromatic heterocycles. The van der Waals surface area contributed by atoms with E-state index in [0.717, 1.165) is 16.6 Å². The maximum atomic E-state index is 13.2. The molecule has 0 radical (unpaired) electrons. The van der Waals surface area contributed by atoms with Crippen LogP contribution in [0.4, 0.5) is 5.69 Å². The number of benzene rings is 1. The Morgan fingerprint density at radius 1 is 1.09 bits per heavy atom. The summed E-state index contributed by atoms with van der Waals surface area (Å²) in [6, 6.07) is 18.9. The van der Waals surface area contributed by atoms with Crippen LogP contribution in [0.25, 0.3) is 11.0 Å². The lowest BCUT2D eigenvalue weighted by Gasteiger charge is -2.08. The van der Waals surface area contributed by atoms with Gasteiger partial charge in [0.15, 0.2) is 5.65 Å². The number of anilines is 1. The van der Waals surface area contributed by atoms with Crippen molar-refractivity contribution in [1.29, 1.82) is 0 Å². The summed E-state index contributed by atoms with van der Waals surface area (Å²) in [6.07, 6.45) is 3.42. The molecule has 4 heterocycles. The minimum Gasteiger partial charge on any atom is -0.322 e. The van der Waals surface area contributed by atoms with E-state index in [0.29, 0.717) is 29.1 Å². The van der Waals surface area contributed by atoms with Crippen LogP contribution in [0.2, 0.25) is 0 Å². The second-order valence-corrected chi connectivity index (χ2v) is 8.46. The zero-order valence-electron chi connectivity index (χ0n) is 17.8. The molecule has 0 saturated heterocycles. The molecular formula is C26H19N5OS. The summed E-state index contributed by atoms with van der Waals surface area (Å²) in [5, 5.41) is 10.2. The molecular weight excluding hydrogens is 430 g/mol. The first-order valence-corrected chi connectivity index (χ1v) is 11.2. The molecule has 5 rings (SSSR count). The highest BCUT2D eigenvalue weighted by atomic mass is 32.1. The van der Waals surface area contributed by atoms with Crippen LogP contribution in [-0.2, 0) is 6.54 Å². The minimum absolute atomic E-state index is 0.212. The Bertz CT molecular complexity index is 1490. The van der Waals surface area contributed by atoms with Crippen LogP contribution >= 0.6 is 11.3 Å². The van der Waals surface area contributed by atoms with Crippen LogP contribution in [0, 0.1) is 18.8 Å². The molecule has 0 saturated carbocycles. The molecule has 1 aromatic carbocycles. The first-order chi connectivity index (χ1) is 16.2. The predicted octanol–water partition coefficient (Wildman–Crippen LogP) is 4.90. The molecule has 6 nitrogen and oxygen atoms in total. The van der Waals surface area contributed by atoms with Crippen LogP contribution in [0.5, 0.6) is 0 Å². The number of carbonyl (C=O) groups excluding carboxylic acids is 1. The molecule has 0 unspecified atom stereocenters. The zero-order chi connectivity index (χ0) is 22.6. The highest BCUT2D eigenvalue weighted by molar-refractivity contribution is 7.09. The Kier molecular flexibility index (Phi) is 5.66.